The zero-order valence-electron chi connectivity index (χ0n) is 20.8. The topological polar surface area (TPSA) is 67.2 Å². The second-order valence-corrected chi connectivity index (χ2v) is 7.86. The Morgan fingerprint density at radius 3 is 2.24 bits per heavy atom. The summed E-state index contributed by atoms with van der Waals surface area (Å²) in [4.78, 5) is 11.3. The number of nitrogens with one attached hydrogen (secondary N) is 1. The molecule has 0 radical (unpaired) electrons. The molecular weight excluding hydrogens is 510 g/mol. The van der Waals surface area contributed by atoms with Crippen molar-refractivity contribution in [3.63, 3.8) is 0 Å². The number of amides is 1. The molecule has 200 valence electrons. The maximum Gasteiger partial charge on any atom is 0.342 e. The molecule has 0 aliphatic carbocycles. The van der Waals surface area contributed by atoms with Crippen molar-refractivity contribution in [3.8, 4) is 29.8 Å². The lowest BCUT2D eigenvalue weighted by atomic mass is 10.1. The van der Waals surface area contributed by atoms with Crippen molar-refractivity contribution in [2.24, 2.45) is 0 Å². The molecule has 3 rings (SSSR count). The van der Waals surface area contributed by atoms with E-state index in [-0.39, 0.29) is 16.7 Å². The summed E-state index contributed by atoms with van der Waals surface area (Å²) >= 11 is 5.71. The number of hydrogen-bond donors (Lipinski definition) is 2. The molecule has 3 aromatic rings. The van der Waals surface area contributed by atoms with Crippen LogP contribution in [0.4, 0.5) is 23.4 Å². The summed E-state index contributed by atoms with van der Waals surface area (Å²) in [6.45, 7) is 6.25. The Morgan fingerprint density at radius 1 is 1.16 bits per heavy atom. The number of rotatable bonds is 6. The SMILES string of the molecule is C#C.C=C(C)CCCC.CC(=O)Nc1cc(-c2cccc(F)c2)n(-c2ccc(Cl)c(F)c2)n1.OC(F)F. The van der Waals surface area contributed by atoms with E-state index in [1.165, 1.54) is 60.7 Å². The van der Waals surface area contributed by atoms with E-state index in [9.17, 15) is 22.4 Å². The van der Waals surface area contributed by atoms with E-state index in [1.807, 2.05) is 0 Å². The van der Waals surface area contributed by atoms with Gasteiger partial charge in [-0.25, -0.2) is 13.5 Å². The number of unbranched alkanes of at least 4 members (excludes halogenated alkanes) is 1. The maximum atomic E-state index is 13.8. The summed E-state index contributed by atoms with van der Waals surface area (Å²) in [5.41, 5.74) is 2.74. The van der Waals surface area contributed by atoms with Crippen molar-refractivity contribution in [1.82, 2.24) is 9.78 Å². The van der Waals surface area contributed by atoms with Crippen LogP contribution in [0.25, 0.3) is 16.9 Å². The molecule has 0 fully saturated rings. The van der Waals surface area contributed by atoms with Gasteiger partial charge in [0.1, 0.15) is 11.6 Å². The monoisotopic (exact) mass is 539 g/mol. The van der Waals surface area contributed by atoms with Gasteiger partial charge in [-0.2, -0.15) is 8.78 Å². The summed E-state index contributed by atoms with van der Waals surface area (Å²) in [5, 5.41) is 13.5. The molecule has 0 aliphatic rings. The first-order valence-corrected chi connectivity index (χ1v) is 11.3. The van der Waals surface area contributed by atoms with Crippen molar-refractivity contribution in [3.05, 3.63) is 77.3 Å². The van der Waals surface area contributed by atoms with Gasteiger partial charge in [0.25, 0.3) is 0 Å². The van der Waals surface area contributed by atoms with Gasteiger partial charge in [0.05, 0.1) is 16.4 Å². The standard InChI is InChI=1S/C17H12ClF2N3O.C7H14.C2H2.CH2F2O/c1-10(24)21-17-9-16(11-3-2-4-12(19)7-11)23(22-17)13-5-6-14(18)15(20)8-13;1-4-5-6-7(2)3;1-2;2-1(3)4/h2-9H,1H3,(H,21,22,24);2,4-6H2,1,3H3;1-2H;1,4H. The van der Waals surface area contributed by atoms with Crippen molar-refractivity contribution in [2.45, 2.75) is 46.6 Å². The lowest BCUT2D eigenvalue weighted by Gasteiger charge is -2.08. The number of terminal acetylenes is 1. The summed E-state index contributed by atoms with van der Waals surface area (Å²) in [5.74, 6) is -1.04. The predicted octanol–water partition coefficient (Wildman–Crippen LogP) is 7.63. The molecule has 1 heterocycles. The van der Waals surface area contributed by atoms with E-state index in [1.54, 1.807) is 24.3 Å². The number of anilines is 1. The smallest absolute Gasteiger partial charge is 0.339 e. The Bertz CT molecular complexity index is 1160. The van der Waals surface area contributed by atoms with E-state index in [0.717, 1.165) is 0 Å². The van der Waals surface area contributed by atoms with Crippen LogP contribution in [-0.2, 0) is 4.79 Å². The minimum Gasteiger partial charge on any atom is -0.339 e. The second kappa shape index (κ2) is 17.8. The largest absolute Gasteiger partial charge is 0.342 e. The first-order valence-electron chi connectivity index (χ1n) is 11.0. The molecule has 0 spiro atoms. The molecule has 1 amide bonds. The highest BCUT2D eigenvalue weighted by molar-refractivity contribution is 6.30. The third-order valence-electron chi connectivity index (χ3n) is 4.24. The van der Waals surface area contributed by atoms with Crippen LogP contribution in [0.2, 0.25) is 5.02 Å². The third kappa shape index (κ3) is 13.3. The van der Waals surface area contributed by atoms with Gasteiger partial charge in [-0.05, 0) is 44.0 Å². The van der Waals surface area contributed by atoms with Crippen LogP contribution in [0.5, 0.6) is 0 Å². The van der Waals surface area contributed by atoms with Crippen LogP contribution in [0, 0.1) is 24.5 Å². The minimum atomic E-state index is -3.17. The van der Waals surface area contributed by atoms with Crippen molar-refractivity contribution in [1.29, 1.82) is 0 Å². The minimum absolute atomic E-state index is 0.0136. The number of carbonyl (C=O) groups is 1. The van der Waals surface area contributed by atoms with Gasteiger partial charge in [0.2, 0.25) is 5.91 Å². The number of aliphatic hydroxyl groups is 1. The molecule has 0 aliphatic heterocycles. The molecule has 0 unspecified atom stereocenters. The van der Waals surface area contributed by atoms with Crippen LogP contribution in [0.15, 0.2) is 60.7 Å². The number of benzene rings is 2. The van der Waals surface area contributed by atoms with Crippen molar-refractivity contribution in [2.75, 3.05) is 5.32 Å². The molecule has 0 saturated carbocycles. The molecule has 10 heteroatoms. The Kier molecular flexibility index (Phi) is 16.0. The molecule has 37 heavy (non-hydrogen) atoms. The number of alkyl halides is 2. The number of halogens is 5. The zero-order valence-corrected chi connectivity index (χ0v) is 21.6. The molecule has 0 atom stereocenters. The lowest BCUT2D eigenvalue weighted by molar-refractivity contribution is -0.114. The highest BCUT2D eigenvalue weighted by Gasteiger charge is 2.14. The second-order valence-electron chi connectivity index (χ2n) is 7.45. The lowest BCUT2D eigenvalue weighted by Crippen LogP contribution is -2.07. The number of aromatic nitrogens is 2. The average molecular weight is 540 g/mol. The Hall–Kier alpha value is -3.61. The number of nitrogens with zero attached hydrogens (tertiary/aromatic N) is 2. The number of allylic oxidation sites excluding steroid dienone is 1. The van der Waals surface area contributed by atoms with Gasteiger partial charge in [-0.1, -0.05) is 42.7 Å². The first kappa shape index (κ1) is 33.4. The number of aliphatic hydroxyl groups excluding tert-OH is 1. The normalized spacial score (nSPS) is 9.62. The molecule has 1 aromatic heterocycles. The fourth-order valence-electron chi connectivity index (χ4n) is 2.77. The first-order chi connectivity index (χ1) is 17.4. The van der Waals surface area contributed by atoms with Crippen LogP contribution in [0.3, 0.4) is 0 Å². The molecular formula is C27H30ClF4N3O2. The van der Waals surface area contributed by atoms with Gasteiger partial charge in [-0.3, -0.25) is 4.79 Å². The van der Waals surface area contributed by atoms with Crippen LogP contribution < -0.4 is 5.32 Å². The zero-order chi connectivity index (χ0) is 28.5. The quantitative estimate of drug-likeness (QED) is 0.192. The van der Waals surface area contributed by atoms with Crippen LogP contribution >= 0.6 is 11.6 Å². The maximum absolute atomic E-state index is 13.8. The molecule has 0 bridgehead atoms. The van der Waals surface area contributed by atoms with Crippen molar-refractivity contribution < 1.29 is 27.5 Å². The fourth-order valence-corrected chi connectivity index (χ4v) is 2.89. The van der Waals surface area contributed by atoms with Gasteiger partial charge in [0, 0.05) is 24.6 Å². The van der Waals surface area contributed by atoms with Gasteiger partial charge in [0.15, 0.2) is 5.82 Å². The molecule has 2 aromatic carbocycles. The third-order valence-corrected chi connectivity index (χ3v) is 4.55. The van der Waals surface area contributed by atoms with Gasteiger partial charge >= 0.3 is 6.61 Å². The van der Waals surface area contributed by atoms with E-state index in [2.05, 4.69) is 43.7 Å². The molecule has 2 N–H and O–H groups in total. The summed E-state index contributed by atoms with van der Waals surface area (Å²) in [6, 6.07) is 11.7. The van der Waals surface area contributed by atoms with Crippen LogP contribution in [0.1, 0.15) is 40.0 Å². The van der Waals surface area contributed by atoms with E-state index in [0.29, 0.717) is 16.9 Å². The molecule has 5 nitrogen and oxygen atoms in total. The Labute approximate surface area is 219 Å². The Balaban J connectivity index is 0.000000835. The summed E-state index contributed by atoms with van der Waals surface area (Å²) < 4.78 is 48.5. The highest BCUT2D eigenvalue weighted by atomic mass is 35.5. The number of hydrogen-bond acceptors (Lipinski definition) is 3. The number of carbonyl (C=O) groups excluding carboxylic acids is 1. The summed E-state index contributed by atoms with van der Waals surface area (Å²) in [6.07, 6.45) is 11.8. The fraction of sp³-hybridized carbons (Fsp3) is 0.259. The predicted molar refractivity (Wildman–Crippen MR) is 141 cm³/mol. The van der Waals surface area contributed by atoms with Crippen LogP contribution in [-0.4, -0.2) is 27.4 Å². The molecule has 0 saturated heterocycles. The van der Waals surface area contributed by atoms with E-state index in [4.69, 9.17) is 16.7 Å². The van der Waals surface area contributed by atoms with Gasteiger partial charge in [-0.15, -0.1) is 24.5 Å². The van der Waals surface area contributed by atoms with Gasteiger partial charge < -0.3 is 10.4 Å². The van der Waals surface area contributed by atoms with E-state index < -0.39 is 18.2 Å². The van der Waals surface area contributed by atoms with E-state index >= 15 is 0 Å². The van der Waals surface area contributed by atoms with Crippen molar-refractivity contribution >= 4 is 23.3 Å². The summed E-state index contributed by atoms with van der Waals surface area (Å²) in [7, 11) is 0. The average Bonchev–Trinajstić information content (AvgIpc) is 3.24. The Morgan fingerprint density at radius 2 is 1.78 bits per heavy atom. The highest BCUT2D eigenvalue weighted by Crippen LogP contribution is 2.28.